The monoisotopic (exact) mass is 614 g/mol. The fraction of sp³-hybridized carbons (Fsp3) is 0.324. The van der Waals surface area contributed by atoms with Gasteiger partial charge in [0.05, 0.1) is 42.7 Å². The molecule has 0 bridgehead atoms. The summed E-state index contributed by atoms with van der Waals surface area (Å²) in [7, 11) is 3.12. The van der Waals surface area contributed by atoms with Gasteiger partial charge in [-0.2, -0.15) is 0 Å². The van der Waals surface area contributed by atoms with E-state index in [-0.39, 0.29) is 17.4 Å². The summed E-state index contributed by atoms with van der Waals surface area (Å²) in [5.74, 6) is 1.03. The van der Waals surface area contributed by atoms with E-state index < -0.39 is 17.7 Å². The third-order valence-electron chi connectivity index (χ3n) is 7.86. The summed E-state index contributed by atoms with van der Waals surface area (Å²) in [6, 6.07) is 15.1. The lowest BCUT2D eigenvalue weighted by molar-refractivity contribution is -0.132. The molecule has 0 unspecified atom stereocenters. The third kappa shape index (κ3) is 5.34. The van der Waals surface area contributed by atoms with Crippen LogP contribution in [-0.4, -0.2) is 48.7 Å². The van der Waals surface area contributed by atoms with Crippen molar-refractivity contribution in [2.45, 2.75) is 45.8 Å². The van der Waals surface area contributed by atoms with E-state index in [1.54, 1.807) is 56.7 Å². The van der Waals surface area contributed by atoms with Gasteiger partial charge in [-0.25, -0.2) is 4.98 Å². The molecule has 3 aromatic carbocycles. The molecule has 2 atom stereocenters. The number of amides is 1. The van der Waals surface area contributed by atoms with Crippen LogP contribution in [0, 0.1) is 5.92 Å². The fourth-order valence-electron chi connectivity index (χ4n) is 5.57. The topological polar surface area (TPSA) is 107 Å². The minimum atomic E-state index is -0.973. The Hall–Kier alpha value is -4.57. The van der Waals surface area contributed by atoms with Crippen LogP contribution in [0.15, 0.2) is 60.2 Å². The second-order valence-corrected chi connectivity index (χ2v) is 12.4. The molecule has 10 heteroatoms. The molecular weight excluding hydrogens is 580 g/mol. The van der Waals surface area contributed by atoms with Gasteiger partial charge in [0.2, 0.25) is 0 Å². The summed E-state index contributed by atoms with van der Waals surface area (Å²) in [6.07, 6.45) is 1.57. The number of methoxy groups -OCH3 is 2. The number of thiazole rings is 1. The standard InChI is InChI=1S/C34H34N2O7S/c1-18(2)12-13-42-26-11-6-20(16-27(26)41-5)30-29(31(37)21-7-10-25-22(15-21)14-19(3)43-25)32(38)33(39)36(30)34-35-24-9-8-23(40-4)17-28(24)44-34/h6-11,15-19,30,37H,12-14H2,1-5H3/t19-,30-/m1/s1. The second-order valence-electron chi connectivity index (χ2n) is 11.4. The van der Waals surface area contributed by atoms with Crippen LogP contribution in [0.5, 0.6) is 23.0 Å². The zero-order valence-corrected chi connectivity index (χ0v) is 26.1. The molecule has 2 aliphatic heterocycles. The summed E-state index contributed by atoms with van der Waals surface area (Å²) in [6.45, 7) is 6.74. The summed E-state index contributed by atoms with van der Waals surface area (Å²) < 4.78 is 23.7. The van der Waals surface area contributed by atoms with Gasteiger partial charge in [-0.15, -0.1) is 0 Å². The molecular formula is C34H34N2O7S. The highest BCUT2D eigenvalue weighted by Crippen LogP contribution is 2.46. The lowest BCUT2D eigenvalue weighted by Crippen LogP contribution is -2.29. The van der Waals surface area contributed by atoms with Gasteiger partial charge < -0.3 is 24.1 Å². The molecule has 0 spiro atoms. The van der Waals surface area contributed by atoms with Gasteiger partial charge in [0.25, 0.3) is 5.78 Å². The molecule has 0 aliphatic carbocycles. The summed E-state index contributed by atoms with van der Waals surface area (Å²) in [5, 5.41) is 12.0. The Balaban J connectivity index is 1.49. The van der Waals surface area contributed by atoms with E-state index in [1.165, 1.54) is 16.2 Å². The number of hydrogen-bond acceptors (Lipinski definition) is 9. The SMILES string of the molecule is COc1ccc2nc(N3C(=O)C(=O)C(=C(O)c4ccc5c(c4)C[C@@H](C)O5)[C@H]3c3ccc(OCCC(C)C)c(OC)c3)sc2c1. The van der Waals surface area contributed by atoms with Crippen LogP contribution in [-0.2, 0) is 16.0 Å². The molecule has 9 nitrogen and oxygen atoms in total. The molecule has 2 aliphatic rings. The van der Waals surface area contributed by atoms with Gasteiger partial charge in [0.1, 0.15) is 23.4 Å². The number of anilines is 1. The first-order chi connectivity index (χ1) is 21.2. The number of benzene rings is 3. The number of fused-ring (bicyclic) bond motifs is 2. The van der Waals surface area contributed by atoms with Gasteiger partial charge in [0, 0.05) is 12.0 Å². The van der Waals surface area contributed by atoms with E-state index in [2.05, 4.69) is 13.8 Å². The van der Waals surface area contributed by atoms with Crippen LogP contribution in [0.2, 0.25) is 0 Å². The third-order valence-corrected chi connectivity index (χ3v) is 8.88. The predicted octanol–water partition coefficient (Wildman–Crippen LogP) is 6.69. The molecule has 1 N–H and O–H groups in total. The first-order valence-corrected chi connectivity index (χ1v) is 15.4. The molecule has 1 amide bonds. The molecule has 4 aromatic rings. The maximum Gasteiger partial charge on any atom is 0.301 e. The number of ketones is 1. The van der Waals surface area contributed by atoms with Crippen LogP contribution in [0.1, 0.15) is 49.9 Å². The van der Waals surface area contributed by atoms with Crippen LogP contribution in [0.4, 0.5) is 5.13 Å². The van der Waals surface area contributed by atoms with Crippen molar-refractivity contribution >= 4 is 44.1 Å². The smallest absolute Gasteiger partial charge is 0.301 e. The molecule has 3 heterocycles. The van der Waals surface area contributed by atoms with E-state index in [0.717, 1.165) is 22.4 Å². The Kier molecular flexibility index (Phi) is 7.94. The Morgan fingerprint density at radius 1 is 1.07 bits per heavy atom. The van der Waals surface area contributed by atoms with Crippen molar-refractivity contribution < 1.29 is 33.6 Å². The number of carbonyl (C=O) groups excluding carboxylic acids is 2. The van der Waals surface area contributed by atoms with Crippen molar-refractivity contribution in [1.82, 2.24) is 4.98 Å². The predicted molar refractivity (Wildman–Crippen MR) is 169 cm³/mol. The van der Waals surface area contributed by atoms with Crippen LogP contribution in [0.25, 0.3) is 16.0 Å². The molecule has 1 saturated heterocycles. The van der Waals surface area contributed by atoms with Crippen molar-refractivity contribution in [2.75, 3.05) is 25.7 Å². The Labute approximate surface area is 259 Å². The summed E-state index contributed by atoms with van der Waals surface area (Å²) in [5.41, 5.74) is 2.55. The summed E-state index contributed by atoms with van der Waals surface area (Å²) >= 11 is 1.27. The fourth-order valence-corrected chi connectivity index (χ4v) is 6.59. The van der Waals surface area contributed by atoms with E-state index in [9.17, 15) is 14.7 Å². The number of nitrogens with zero attached hydrogens (tertiary/aromatic N) is 2. The zero-order valence-electron chi connectivity index (χ0n) is 25.2. The number of hydrogen-bond donors (Lipinski definition) is 1. The number of aromatic nitrogens is 1. The molecule has 1 fully saturated rings. The van der Waals surface area contributed by atoms with E-state index in [4.69, 9.17) is 23.9 Å². The molecule has 44 heavy (non-hydrogen) atoms. The van der Waals surface area contributed by atoms with Crippen LogP contribution < -0.4 is 23.8 Å². The number of carbonyl (C=O) groups is 2. The summed E-state index contributed by atoms with van der Waals surface area (Å²) in [4.78, 5) is 33.6. The first-order valence-electron chi connectivity index (χ1n) is 14.5. The quantitative estimate of drug-likeness (QED) is 0.126. The number of ether oxygens (including phenoxy) is 4. The van der Waals surface area contributed by atoms with Crippen LogP contribution in [0.3, 0.4) is 0 Å². The average Bonchev–Trinajstić information content (AvgIpc) is 3.68. The highest BCUT2D eigenvalue weighted by atomic mass is 32.1. The molecule has 0 saturated carbocycles. The molecule has 0 radical (unpaired) electrons. The van der Waals surface area contributed by atoms with E-state index >= 15 is 0 Å². The maximum atomic E-state index is 13.8. The Bertz CT molecular complexity index is 1790. The lowest BCUT2D eigenvalue weighted by Gasteiger charge is -2.24. The Morgan fingerprint density at radius 2 is 1.89 bits per heavy atom. The van der Waals surface area contributed by atoms with Crippen molar-refractivity contribution in [3.63, 3.8) is 0 Å². The maximum absolute atomic E-state index is 13.8. The molecule has 6 rings (SSSR count). The van der Waals surface area contributed by atoms with Crippen molar-refractivity contribution in [1.29, 1.82) is 0 Å². The normalized spacial score (nSPS) is 19.0. The average molecular weight is 615 g/mol. The van der Waals surface area contributed by atoms with Gasteiger partial charge in [-0.05, 0) is 78.9 Å². The minimum Gasteiger partial charge on any atom is -0.507 e. The Morgan fingerprint density at radius 3 is 2.64 bits per heavy atom. The number of Topliss-reactive ketones (excluding diaryl/α,β-unsaturated/α-hetero) is 1. The van der Waals surface area contributed by atoms with Gasteiger partial charge in [-0.1, -0.05) is 31.3 Å². The number of aliphatic hydroxyl groups excluding tert-OH is 1. The van der Waals surface area contributed by atoms with E-state index in [1.807, 2.05) is 19.1 Å². The van der Waals surface area contributed by atoms with Gasteiger partial charge in [-0.3, -0.25) is 14.5 Å². The lowest BCUT2D eigenvalue weighted by atomic mass is 9.94. The van der Waals surface area contributed by atoms with Gasteiger partial charge >= 0.3 is 5.91 Å². The van der Waals surface area contributed by atoms with E-state index in [0.29, 0.717) is 58.0 Å². The van der Waals surface area contributed by atoms with Crippen molar-refractivity contribution in [2.24, 2.45) is 5.92 Å². The molecule has 228 valence electrons. The number of aliphatic hydroxyl groups is 1. The van der Waals surface area contributed by atoms with Gasteiger partial charge in [0.15, 0.2) is 16.6 Å². The van der Waals surface area contributed by atoms with Crippen LogP contribution >= 0.6 is 11.3 Å². The highest BCUT2D eigenvalue weighted by molar-refractivity contribution is 7.22. The van der Waals surface area contributed by atoms with Crippen molar-refractivity contribution in [3.05, 3.63) is 76.9 Å². The zero-order chi connectivity index (χ0) is 31.1. The first kappa shape index (κ1) is 29.5. The largest absolute Gasteiger partial charge is 0.507 e. The minimum absolute atomic E-state index is 0.0133. The highest BCUT2D eigenvalue weighted by Gasteiger charge is 2.48. The van der Waals surface area contributed by atoms with Crippen molar-refractivity contribution in [3.8, 4) is 23.0 Å². The number of rotatable bonds is 9. The molecule has 1 aromatic heterocycles. The second kappa shape index (κ2) is 11.8.